The summed E-state index contributed by atoms with van der Waals surface area (Å²) in [7, 11) is 1.18. The molecule has 28 heavy (non-hydrogen) atoms. The largest absolute Gasteiger partial charge is 0.465 e. The van der Waals surface area contributed by atoms with Gasteiger partial charge in [-0.15, -0.1) is 0 Å². The van der Waals surface area contributed by atoms with Gasteiger partial charge in [-0.25, -0.2) is 27.0 Å². The second kappa shape index (κ2) is 7.87. The third-order valence-corrected chi connectivity index (χ3v) is 4.29. The maximum absolute atomic E-state index is 13.3. The molecule has 1 aromatic carbocycles. The van der Waals surface area contributed by atoms with Crippen molar-refractivity contribution in [2.45, 2.75) is 31.4 Å². The monoisotopic (exact) mass is 400 g/mol. The van der Waals surface area contributed by atoms with Crippen molar-refractivity contribution in [3.63, 3.8) is 0 Å². The van der Waals surface area contributed by atoms with E-state index in [4.69, 9.17) is 0 Å². The number of amides is 1. The minimum absolute atomic E-state index is 0.0867. The third-order valence-electron chi connectivity index (χ3n) is 4.29. The van der Waals surface area contributed by atoms with Gasteiger partial charge in [0.1, 0.15) is 11.9 Å². The highest BCUT2D eigenvalue weighted by molar-refractivity contribution is 6.07. The summed E-state index contributed by atoms with van der Waals surface area (Å²) in [5.74, 6) is -1.57. The van der Waals surface area contributed by atoms with Crippen LogP contribution in [-0.4, -0.2) is 47.7 Å². The minimum atomic E-state index is -2.93. The summed E-state index contributed by atoms with van der Waals surface area (Å²) in [4.78, 5) is 24.3. The molecule has 3 rings (SSSR count). The smallest absolute Gasteiger partial charge is 0.339 e. The molecule has 0 fully saturated rings. The van der Waals surface area contributed by atoms with Crippen molar-refractivity contribution in [1.82, 2.24) is 9.78 Å². The lowest BCUT2D eigenvalue weighted by atomic mass is 10.1. The zero-order chi connectivity index (χ0) is 20.4. The van der Waals surface area contributed by atoms with Crippen LogP contribution in [0.3, 0.4) is 0 Å². The molecule has 0 unspecified atom stereocenters. The molecule has 1 aliphatic heterocycles. The lowest BCUT2D eigenvalue weighted by Crippen LogP contribution is -2.39. The molecule has 0 radical (unpaired) electrons. The van der Waals surface area contributed by atoms with E-state index in [2.05, 4.69) is 20.5 Å². The Hall–Kier alpha value is -3.11. The molecule has 2 aromatic rings. The first kappa shape index (κ1) is 19.6. The normalized spacial score (nSPS) is 18.5. The van der Waals surface area contributed by atoms with Gasteiger partial charge < -0.3 is 15.4 Å². The molecule has 2 N–H and O–H groups in total. The second-order valence-corrected chi connectivity index (χ2v) is 6.07. The predicted molar refractivity (Wildman–Crippen MR) is 91.0 cm³/mol. The Kier molecular flexibility index (Phi) is 5.52. The van der Waals surface area contributed by atoms with Crippen LogP contribution in [0.1, 0.15) is 33.3 Å². The van der Waals surface area contributed by atoms with Crippen LogP contribution in [0, 0.1) is 0 Å². The number of alkyl halides is 4. The number of nitrogens with one attached hydrogen (secondary N) is 2. The molecule has 0 bridgehead atoms. The van der Waals surface area contributed by atoms with Gasteiger partial charge in [0.15, 0.2) is 5.69 Å². The van der Waals surface area contributed by atoms with E-state index in [1.54, 1.807) is 12.1 Å². The molecular weight excluding hydrogens is 384 g/mol. The van der Waals surface area contributed by atoms with Crippen LogP contribution in [0.15, 0.2) is 30.3 Å². The molecule has 0 saturated heterocycles. The van der Waals surface area contributed by atoms with Crippen LogP contribution in [-0.2, 0) is 4.74 Å². The van der Waals surface area contributed by atoms with Gasteiger partial charge in [-0.3, -0.25) is 4.79 Å². The van der Waals surface area contributed by atoms with Crippen molar-refractivity contribution in [3.8, 4) is 0 Å². The molecule has 2 atom stereocenters. The number of methoxy groups -OCH3 is 1. The second-order valence-electron chi connectivity index (χ2n) is 6.07. The number of rotatable bonds is 5. The predicted octanol–water partition coefficient (Wildman–Crippen LogP) is 3.18. The Morgan fingerprint density at radius 1 is 1.25 bits per heavy atom. The Bertz CT molecular complexity index is 887. The molecule has 0 spiro atoms. The average molecular weight is 400 g/mol. The molecule has 1 amide bonds. The molecule has 7 nitrogen and oxygen atoms in total. The number of hydrogen-bond acceptors (Lipinski definition) is 5. The highest BCUT2D eigenvalue weighted by Gasteiger charge is 2.38. The number of halogens is 4. The first-order chi connectivity index (χ1) is 13.3. The Morgan fingerprint density at radius 2 is 1.96 bits per heavy atom. The number of carbonyl (C=O) groups excluding carboxylic acids is 2. The quantitative estimate of drug-likeness (QED) is 0.595. The van der Waals surface area contributed by atoms with Gasteiger partial charge in [0.05, 0.1) is 24.4 Å². The number of esters is 1. The number of aromatic nitrogens is 2. The number of hydrogen-bond donors (Lipinski definition) is 2. The van der Waals surface area contributed by atoms with E-state index in [9.17, 15) is 27.2 Å². The zero-order valence-electron chi connectivity index (χ0n) is 14.5. The molecular formula is C17H16F4N4O3. The summed E-state index contributed by atoms with van der Waals surface area (Å²) >= 11 is 0. The van der Waals surface area contributed by atoms with E-state index in [-0.39, 0.29) is 22.8 Å². The molecule has 1 aromatic heterocycles. The van der Waals surface area contributed by atoms with Gasteiger partial charge in [-0.05, 0) is 12.1 Å². The highest BCUT2D eigenvalue weighted by atomic mass is 19.3. The number of nitrogens with zero attached hydrogens (tertiary/aromatic N) is 2. The van der Waals surface area contributed by atoms with E-state index in [1.807, 2.05) is 0 Å². The van der Waals surface area contributed by atoms with Gasteiger partial charge >= 0.3 is 5.97 Å². The summed E-state index contributed by atoms with van der Waals surface area (Å²) < 4.78 is 58.0. The van der Waals surface area contributed by atoms with E-state index in [0.717, 1.165) is 10.7 Å². The molecule has 1 aliphatic rings. The van der Waals surface area contributed by atoms with Crippen molar-refractivity contribution in [1.29, 1.82) is 0 Å². The van der Waals surface area contributed by atoms with Crippen molar-refractivity contribution in [2.24, 2.45) is 0 Å². The summed E-state index contributed by atoms with van der Waals surface area (Å²) in [5.41, 5.74) is -0.0412. The Labute approximate surface area is 156 Å². The average Bonchev–Trinajstić information content (AvgIpc) is 3.11. The maximum atomic E-state index is 13.3. The molecule has 0 saturated carbocycles. The van der Waals surface area contributed by atoms with Crippen LogP contribution >= 0.6 is 0 Å². The van der Waals surface area contributed by atoms with E-state index >= 15 is 0 Å². The third kappa shape index (κ3) is 3.78. The maximum Gasteiger partial charge on any atom is 0.339 e. The van der Waals surface area contributed by atoms with Gasteiger partial charge in [0, 0.05) is 12.5 Å². The van der Waals surface area contributed by atoms with Crippen LogP contribution in [0.4, 0.5) is 29.1 Å². The molecule has 0 aliphatic carbocycles. The van der Waals surface area contributed by atoms with Crippen molar-refractivity contribution in [3.05, 3.63) is 41.6 Å². The van der Waals surface area contributed by atoms with Gasteiger partial charge in [-0.2, -0.15) is 5.10 Å². The van der Waals surface area contributed by atoms with Crippen LogP contribution in [0.25, 0.3) is 0 Å². The van der Waals surface area contributed by atoms with Crippen LogP contribution in [0.2, 0.25) is 0 Å². The van der Waals surface area contributed by atoms with Gasteiger partial charge in [0.2, 0.25) is 0 Å². The zero-order valence-corrected chi connectivity index (χ0v) is 14.5. The molecule has 11 heteroatoms. The van der Waals surface area contributed by atoms with Crippen molar-refractivity contribution in [2.75, 3.05) is 17.7 Å². The number of ether oxygens (including phenoxy) is 1. The highest BCUT2D eigenvalue weighted by Crippen LogP contribution is 2.34. The van der Waals surface area contributed by atoms with Crippen LogP contribution in [0.5, 0.6) is 0 Å². The van der Waals surface area contributed by atoms with Crippen molar-refractivity contribution < 1.29 is 31.9 Å². The standard InChI is InChI=1S/C17H16F4N4O3/c1-28-17(27)8-4-2-3-5-9(8)23-16(26)11-7-13-22-10(14(18)19)6-12(15(20)21)25(13)24-11/h2-5,7,10,12,14-15,22H,6H2,1H3,(H,23,26)/t10-,12+/m1/s1. The number of para-hydroxylation sites is 1. The van der Waals surface area contributed by atoms with E-state index < -0.39 is 43.2 Å². The molecule has 2 heterocycles. The van der Waals surface area contributed by atoms with E-state index in [0.29, 0.717) is 0 Å². The first-order valence-corrected chi connectivity index (χ1v) is 8.23. The van der Waals surface area contributed by atoms with Gasteiger partial charge in [0.25, 0.3) is 18.8 Å². The lowest BCUT2D eigenvalue weighted by Gasteiger charge is -2.31. The number of fused-ring (bicyclic) bond motifs is 1. The first-order valence-electron chi connectivity index (χ1n) is 8.23. The Balaban J connectivity index is 1.88. The van der Waals surface area contributed by atoms with E-state index in [1.165, 1.54) is 19.2 Å². The summed E-state index contributed by atoms with van der Waals surface area (Å²) in [6, 6.07) is 4.08. The van der Waals surface area contributed by atoms with Gasteiger partial charge in [-0.1, -0.05) is 12.1 Å². The lowest BCUT2D eigenvalue weighted by molar-refractivity contribution is 0.0419. The SMILES string of the molecule is COC(=O)c1ccccc1NC(=O)c1cc2n(n1)[C@H](C(F)F)C[C@H](C(F)F)N2. The number of benzene rings is 1. The summed E-state index contributed by atoms with van der Waals surface area (Å²) in [6.45, 7) is 0. The minimum Gasteiger partial charge on any atom is -0.465 e. The summed E-state index contributed by atoms with van der Waals surface area (Å²) in [5, 5.41) is 8.71. The molecule has 150 valence electrons. The number of anilines is 2. The fourth-order valence-corrected chi connectivity index (χ4v) is 2.92. The topological polar surface area (TPSA) is 85.2 Å². The fourth-order valence-electron chi connectivity index (χ4n) is 2.92. The number of carbonyl (C=O) groups is 2. The van der Waals surface area contributed by atoms with Crippen LogP contribution < -0.4 is 10.6 Å². The summed E-state index contributed by atoms with van der Waals surface area (Å²) in [6.07, 6.45) is -6.32. The van der Waals surface area contributed by atoms with Crippen molar-refractivity contribution >= 4 is 23.4 Å². The Morgan fingerprint density at radius 3 is 2.61 bits per heavy atom. The fraction of sp³-hybridized carbons (Fsp3) is 0.353.